The van der Waals surface area contributed by atoms with Crippen molar-refractivity contribution in [1.82, 2.24) is 0 Å². The van der Waals surface area contributed by atoms with E-state index in [0.29, 0.717) is 0 Å². The Morgan fingerprint density at radius 2 is 1.75 bits per heavy atom. The van der Waals surface area contributed by atoms with Crippen molar-refractivity contribution in [2.75, 3.05) is 11.5 Å². The molecular formula is C6H10S2. The lowest BCUT2D eigenvalue weighted by Crippen LogP contribution is -1.86. The number of thioether (sulfide) groups is 2. The fourth-order valence-corrected chi connectivity index (χ4v) is 2.46. The molecule has 0 aromatic rings. The SMILES string of the molecule is CC1SCC=CCS1. The fourth-order valence-electron chi connectivity index (χ4n) is 0.566. The van der Waals surface area contributed by atoms with Crippen LogP contribution in [0.15, 0.2) is 12.2 Å². The zero-order valence-corrected chi connectivity index (χ0v) is 6.60. The van der Waals surface area contributed by atoms with Crippen molar-refractivity contribution < 1.29 is 0 Å². The molecule has 0 aliphatic carbocycles. The summed E-state index contributed by atoms with van der Waals surface area (Å²) >= 11 is 4.03. The molecule has 0 amide bonds. The molecule has 0 nitrogen and oxygen atoms in total. The fraction of sp³-hybridized carbons (Fsp3) is 0.667. The highest BCUT2D eigenvalue weighted by Gasteiger charge is 2.01. The van der Waals surface area contributed by atoms with E-state index < -0.39 is 0 Å². The van der Waals surface area contributed by atoms with Gasteiger partial charge in [0.2, 0.25) is 0 Å². The van der Waals surface area contributed by atoms with Crippen LogP contribution in [0.5, 0.6) is 0 Å². The summed E-state index contributed by atoms with van der Waals surface area (Å²) in [6, 6.07) is 0. The first-order valence-corrected chi connectivity index (χ1v) is 4.87. The molecule has 1 aliphatic rings. The summed E-state index contributed by atoms with van der Waals surface area (Å²) in [5.74, 6) is 2.41. The lowest BCUT2D eigenvalue weighted by atomic mass is 10.6. The number of hydrogen-bond acceptors (Lipinski definition) is 2. The van der Waals surface area contributed by atoms with E-state index in [9.17, 15) is 0 Å². The summed E-state index contributed by atoms with van der Waals surface area (Å²) in [7, 11) is 0. The van der Waals surface area contributed by atoms with Crippen LogP contribution in [0.1, 0.15) is 6.92 Å². The maximum atomic E-state index is 2.27. The van der Waals surface area contributed by atoms with Crippen LogP contribution in [-0.4, -0.2) is 16.1 Å². The zero-order chi connectivity index (χ0) is 5.82. The Bertz CT molecular complexity index is 78.5. The Labute approximate surface area is 59.1 Å². The topological polar surface area (TPSA) is 0 Å². The number of hydrogen-bond donors (Lipinski definition) is 0. The Morgan fingerprint density at radius 1 is 1.25 bits per heavy atom. The van der Waals surface area contributed by atoms with E-state index in [1.54, 1.807) is 0 Å². The second-order valence-electron chi connectivity index (χ2n) is 1.71. The van der Waals surface area contributed by atoms with Crippen LogP contribution >= 0.6 is 23.5 Å². The van der Waals surface area contributed by atoms with Gasteiger partial charge in [0, 0.05) is 16.1 Å². The lowest BCUT2D eigenvalue weighted by molar-refractivity contribution is 1.42. The van der Waals surface area contributed by atoms with E-state index in [2.05, 4.69) is 19.1 Å². The third-order valence-corrected chi connectivity index (χ3v) is 3.55. The van der Waals surface area contributed by atoms with Gasteiger partial charge in [-0.2, -0.15) is 0 Å². The molecule has 0 aromatic heterocycles. The van der Waals surface area contributed by atoms with Gasteiger partial charge in [0.25, 0.3) is 0 Å². The predicted octanol–water partition coefficient (Wildman–Crippen LogP) is 2.37. The first kappa shape index (κ1) is 6.56. The predicted molar refractivity (Wildman–Crippen MR) is 43.5 cm³/mol. The van der Waals surface area contributed by atoms with E-state index >= 15 is 0 Å². The largest absolute Gasteiger partial charge is 0.144 e. The van der Waals surface area contributed by atoms with Crippen molar-refractivity contribution in [3.05, 3.63) is 12.2 Å². The lowest BCUT2D eigenvalue weighted by Gasteiger charge is -2.02. The molecule has 0 N–H and O–H groups in total. The molecule has 1 aliphatic heterocycles. The van der Waals surface area contributed by atoms with Gasteiger partial charge in [-0.25, -0.2) is 0 Å². The molecule has 2 heteroatoms. The van der Waals surface area contributed by atoms with Crippen LogP contribution in [0, 0.1) is 0 Å². The first-order chi connectivity index (χ1) is 3.89. The first-order valence-electron chi connectivity index (χ1n) is 2.78. The average Bonchev–Trinajstić information content (AvgIpc) is 1.94. The van der Waals surface area contributed by atoms with Crippen LogP contribution in [-0.2, 0) is 0 Å². The molecule has 1 rings (SSSR count). The van der Waals surface area contributed by atoms with Gasteiger partial charge in [0.05, 0.1) is 0 Å². The van der Waals surface area contributed by atoms with Gasteiger partial charge in [-0.1, -0.05) is 12.2 Å². The van der Waals surface area contributed by atoms with E-state index in [0.717, 1.165) is 4.58 Å². The second-order valence-corrected chi connectivity index (χ2v) is 4.75. The van der Waals surface area contributed by atoms with Gasteiger partial charge in [-0.3, -0.25) is 0 Å². The smallest absolute Gasteiger partial charge is 0.0480 e. The molecular weight excluding hydrogens is 136 g/mol. The van der Waals surface area contributed by atoms with Gasteiger partial charge >= 0.3 is 0 Å². The van der Waals surface area contributed by atoms with Crippen LogP contribution < -0.4 is 0 Å². The van der Waals surface area contributed by atoms with E-state index in [1.165, 1.54) is 11.5 Å². The van der Waals surface area contributed by atoms with Crippen LogP contribution in [0.4, 0.5) is 0 Å². The third-order valence-electron chi connectivity index (χ3n) is 1.02. The van der Waals surface area contributed by atoms with E-state index in [4.69, 9.17) is 0 Å². The summed E-state index contributed by atoms with van der Waals surface area (Å²) in [6.07, 6.45) is 4.50. The monoisotopic (exact) mass is 146 g/mol. The van der Waals surface area contributed by atoms with Crippen LogP contribution in [0.2, 0.25) is 0 Å². The molecule has 0 saturated heterocycles. The Morgan fingerprint density at radius 3 is 2.25 bits per heavy atom. The maximum absolute atomic E-state index is 2.27. The van der Waals surface area contributed by atoms with Crippen molar-refractivity contribution in [2.24, 2.45) is 0 Å². The molecule has 1 heterocycles. The minimum absolute atomic E-state index is 0.796. The summed E-state index contributed by atoms with van der Waals surface area (Å²) in [4.78, 5) is 0. The van der Waals surface area contributed by atoms with E-state index in [-0.39, 0.29) is 0 Å². The third kappa shape index (κ3) is 2.14. The molecule has 0 atom stereocenters. The van der Waals surface area contributed by atoms with Gasteiger partial charge in [-0.15, -0.1) is 23.5 Å². The zero-order valence-electron chi connectivity index (χ0n) is 4.96. The van der Waals surface area contributed by atoms with Crippen molar-refractivity contribution in [1.29, 1.82) is 0 Å². The number of rotatable bonds is 0. The molecule has 0 unspecified atom stereocenters. The standard InChI is InChI=1S/C6H10S2/c1-6-7-4-2-3-5-8-6/h2-3,6H,4-5H2,1H3. The minimum Gasteiger partial charge on any atom is -0.144 e. The van der Waals surface area contributed by atoms with E-state index in [1.807, 2.05) is 23.5 Å². The highest BCUT2D eigenvalue weighted by molar-refractivity contribution is 8.17. The Balaban J connectivity index is 2.28. The van der Waals surface area contributed by atoms with Crippen molar-refractivity contribution in [2.45, 2.75) is 11.5 Å². The highest BCUT2D eigenvalue weighted by Crippen LogP contribution is 2.25. The molecule has 0 fully saturated rings. The normalized spacial score (nSPS) is 23.1. The summed E-state index contributed by atoms with van der Waals surface area (Å²) < 4.78 is 0.796. The van der Waals surface area contributed by atoms with Crippen LogP contribution in [0.3, 0.4) is 0 Å². The molecule has 46 valence electrons. The van der Waals surface area contributed by atoms with Gasteiger partial charge in [0.1, 0.15) is 0 Å². The van der Waals surface area contributed by atoms with Crippen LogP contribution in [0.25, 0.3) is 0 Å². The highest BCUT2D eigenvalue weighted by atomic mass is 32.2. The second kappa shape index (κ2) is 3.46. The Kier molecular flexibility index (Phi) is 2.84. The van der Waals surface area contributed by atoms with Gasteiger partial charge < -0.3 is 0 Å². The van der Waals surface area contributed by atoms with Crippen molar-refractivity contribution >= 4 is 23.5 Å². The van der Waals surface area contributed by atoms with Gasteiger partial charge in [0.15, 0.2) is 0 Å². The molecule has 0 radical (unpaired) electrons. The Hall–Kier alpha value is 0.440. The van der Waals surface area contributed by atoms with Gasteiger partial charge in [-0.05, 0) is 6.92 Å². The molecule has 8 heavy (non-hydrogen) atoms. The molecule has 0 bridgehead atoms. The minimum atomic E-state index is 0.796. The summed E-state index contributed by atoms with van der Waals surface area (Å²) in [6.45, 7) is 2.27. The summed E-state index contributed by atoms with van der Waals surface area (Å²) in [5, 5.41) is 0. The molecule has 0 aromatic carbocycles. The molecule has 0 saturated carbocycles. The molecule has 0 spiro atoms. The van der Waals surface area contributed by atoms with Crippen molar-refractivity contribution in [3.63, 3.8) is 0 Å². The van der Waals surface area contributed by atoms with Crippen molar-refractivity contribution in [3.8, 4) is 0 Å². The summed E-state index contributed by atoms with van der Waals surface area (Å²) in [5.41, 5.74) is 0. The average molecular weight is 146 g/mol. The maximum Gasteiger partial charge on any atom is 0.0480 e. The quantitative estimate of drug-likeness (QED) is 0.481.